The second kappa shape index (κ2) is 4.97. The van der Waals surface area contributed by atoms with Crippen LogP contribution >= 0.6 is 11.3 Å². The van der Waals surface area contributed by atoms with E-state index in [4.69, 9.17) is 10.7 Å². The standard InChI is InChI=1S/C16H20N2S/c1-10(2)11-6-7-14-15(9-11)19-16(18-14)12-4-3-5-13(17)8-12/h3-5,8,10-11H,6-7,9,17H2,1-2H3. The number of aryl methyl sites for hydroxylation is 1. The van der Waals surface area contributed by atoms with E-state index in [9.17, 15) is 0 Å². The lowest BCUT2D eigenvalue weighted by molar-refractivity contribution is 0.344. The molecule has 1 unspecified atom stereocenters. The zero-order valence-corrected chi connectivity index (χ0v) is 12.3. The Labute approximate surface area is 118 Å². The van der Waals surface area contributed by atoms with Crippen LogP contribution in [0.1, 0.15) is 30.8 Å². The van der Waals surface area contributed by atoms with Crippen LogP contribution in [0.3, 0.4) is 0 Å². The molecule has 1 heterocycles. The van der Waals surface area contributed by atoms with Gasteiger partial charge in [0.1, 0.15) is 5.01 Å². The highest BCUT2D eigenvalue weighted by atomic mass is 32.1. The number of hydrogen-bond acceptors (Lipinski definition) is 3. The number of benzene rings is 1. The summed E-state index contributed by atoms with van der Waals surface area (Å²) in [7, 11) is 0. The molecule has 1 atom stereocenters. The van der Waals surface area contributed by atoms with Gasteiger partial charge in [0.15, 0.2) is 0 Å². The van der Waals surface area contributed by atoms with Crippen LogP contribution in [0, 0.1) is 11.8 Å². The number of rotatable bonds is 2. The van der Waals surface area contributed by atoms with Crippen LogP contribution in [0.5, 0.6) is 0 Å². The lowest BCUT2D eigenvalue weighted by atomic mass is 9.83. The van der Waals surface area contributed by atoms with Crippen molar-refractivity contribution in [3.05, 3.63) is 34.8 Å². The lowest BCUT2D eigenvalue weighted by Crippen LogP contribution is -2.17. The fraction of sp³-hybridized carbons (Fsp3) is 0.438. The van der Waals surface area contributed by atoms with Gasteiger partial charge in [-0.15, -0.1) is 11.3 Å². The molecule has 0 saturated carbocycles. The van der Waals surface area contributed by atoms with Gasteiger partial charge in [0.05, 0.1) is 5.69 Å². The highest BCUT2D eigenvalue weighted by Crippen LogP contribution is 2.37. The van der Waals surface area contributed by atoms with E-state index in [0.717, 1.165) is 34.5 Å². The predicted octanol–water partition coefficient (Wildman–Crippen LogP) is 4.15. The van der Waals surface area contributed by atoms with E-state index >= 15 is 0 Å². The molecule has 1 aliphatic carbocycles. The molecule has 3 rings (SSSR count). The predicted molar refractivity (Wildman–Crippen MR) is 82.3 cm³/mol. The van der Waals surface area contributed by atoms with E-state index in [2.05, 4.69) is 19.9 Å². The smallest absolute Gasteiger partial charge is 0.123 e. The molecular formula is C16H20N2S. The van der Waals surface area contributed by atoms with Crippen molar-refractivity contribution >= 4 is 17.0 Å². The quantitative estimate of drug-likeness (QED) is 0.834. The fourth-order valence-corrected chi connectivity index (χ4v) is 3.96. The number of nitrogens with two attached hydrogens (primary N) is 1. The van der Waals surface area contributed by atoms with Gasteiger partial charge in [-0.05, 0) is 43.2 Å². The van der Waals surface area contributed by atoms with Crippen molar-refractivity contribution in [2.24, 2.45) is 11.8 Å². The number of anilines is 1. The first kappa shape index (κ1) is 12.7. The van der Waals surface area contributed by atoms with Crippen molar-refractivity contribution < 1.29 is 0 Å². The van der Waals surface area contributed by atoms with E-state index in [0.29, 0.717) is 0 Å². The van der Waals surface area contributed by atoms with Gasteiger partial charge in [0.25, 0.3) is 0 Å². The maximum Gasteiger partial charge on any atom is 0.123 e. The molecule has 0 amide bonds. The molecule has 2 N–H and O–H groups in total. The summed E-state index contributed by atoms with van der Waals surface area (Å²) in [5.74, 6) is 1.59. The van der Waals surface area contributed by atoms with Crippen LogP contribution in [0.2, 0.25) is 0 Å². The summed E-state index contributed by atoms with van der Waals surface area (Å²) in [4.78, 5) is 6.31. The van der Waals surface area contributed by atoms with Crippen LogP contribution in [0.4, 0.5) is 5.69 Å². The number of aromatic nitrogens is 1. The summed E-state index contributed by atoms with van der Waals surface area (Å²) in [5.41, 5.74) is 9.14. The number of fused-ring (bicyclic) bond motifs is 1. The van der Waals surface area contributed by atoms with Crippen LogP contribution < -0.4 is 5.73 Å². The van der Waals surface area contributed by atoms with Crippen LogP contribution in [0.15, 0.2) is 24.3 Å². The molecule has 0 bridgehead atoms. The average molecular weight is 272 g/mol. The van der Waals surface area contributed by atoms with E-state index in [1.807, 2.05) is 29.5 Å². The number of nitrogens with zero attached hydrogens (tertiary/aromatic N) is 1. The Hall–Kier alpha value is -1.35. The molecule has 1 aliphatic rings. The Morgan fingerprint density at radius 3 is 2.95 bits per heavy atom. The minimum absolute atomic E-state index is 0.770. The average Bonchev–Trinajstić information content (AvgIpc) is 2.81. The molecule has 100 valence electrons. The van der Waals surface area contributed by atoms with Gasteiger partial charge in [-0.3, -0.25) is 0 Å². The Bertz CT molecular complexity index is 586. The van der Waals surface area contributed by atoms with E-state index in [-0.39, 0.29) is 0 Å². The second-order valence-corrected chi connectivity index (χ2v) is 6.84. The third kappa shape index (κ3) is 2.52. The minimum atomic E-state index is 0.770. The maximum atomic E-state index is 5.86. The molecular weight excluding hydrogens is 252 g/mol. The normalized spacial score (nSPS) is 18.6. The molecule has 0 spiro atoms. The molecule has 2 nitrogen and oxygen atoms in total. The first-order valence-electron chi connectivity index (χ1n) is 6.98. The van der Waals surface area contributed by atoms with E-state index < -0.39 is 0 Å². The minimum Gasteiger partial charge on any atom is -0.399 e. The zero-order valence-electron chi connectivity index (χ0n) is 11.5. The summed E-state index contributed by atoms with van der Waals surface area (Å²) in [6, 6.07) is 8.04. The van der Waals surface area contributed by atoms with Crippen LogP contribution in [-0.4, -0.2) is 4.98 Å². The number of hydrogen-bond donors (Lipinski definition) is 1. The summed E-state index contributed by atoms with van der Waals surface area (Å²) in [6.45, 7) is 4.66. The first-order valence-corrected chi connectivity index (χ1v) is 7.79. The zero-order chi connectivity index (χ0) is 13.4. The van der Waals surface area contributed by atoms with E-state index in [1.165, 1.54) is 23.4 Å². The molecule has 1 aromatic carbocycles. The molecule has 19 heavy (non-hydrogen) atoms. The van der Waals surface area contributed by atoms with Crippen molar-refractivity contribution in [3.8, 4) is 10.6 Å². The molecule has 0 fully saturated rings. The van der Waals surface area contributed by atoms with Gasteiger partial charge >= 0.3 is 0 Å². The van der Waals surface area contributed by atoms with Gasteiger partial charge in [0.2, 0.25) is 0 Å². The maximum absolute atomic E-state index is 5.86. The molecule has 0 saturated heterocycles. The van der Waals surface area contributed by atoms with Crippen molar-refractivity contribution in [1.82, 2.24) is 4.98 Å². The van der Waals surface area contributed by atoms with Crippen LogP contribution in [-0.2, 0) is 12.8 Å². The van der Waals surface area contributed by atoms with Crippen molar-refractivity contribution in [2.75, 3.05) is 5.73 Å². The van der Waals surface area contributed by atoms with Crippen molar-refractivity contribution in [3.63, 3.8) is 0 Å². The Morgan fingerprint density at radius 1 is 1.37 bits per heavy atom. The summed E-state index contributed by atoms with van der Waals surface area (Å²) < 4.78 is 0. The van der Waals surface area contributed by atoms with E-state index in [1.54, 1.807) is 0 Å². The van der Waals surface area contributed by atoms with Gasteiger partial charge in [-0.25, -0.2) is 4.98 Å². The van der Waals surface area contributed by atoms with Crippen molar-refractivity contribution in [2.45, 2.75) is 33.1 Å². The van der Waals surface area contributed by atoms with Crippen LogP contribution in [0.25, 0.3) is 10.6 Å². The summed E-state index contributed by atoms with van der Waals surface area (Å²) in [5, 5.41) is 1.13. The number of thiazole rings is 1. The summed E-state index contributed by atoms with van der Waals surface area (Å²) in [6.07, 6.45) is 3.62. The molecule has 0 aliphatic heterocycles. The third-order valence-electron chi connectivity index (χ3n) is 4.05. The highest BCUT2D eigenvalue weighted by molar-refractivity contribution is 7.15. The van der Waals surface area contributed by atoms with Gasteiger partial charge in [-0.1, -0.05) is 26.0 Å². The van der Waals surface area contributed by atoms with Gasteiger partial charge < -0.3 is 5.73 Å². The number of nitrogen functional groups attached to an aromatic ring is 1. The SMILES string of the molecule is CC(C)C1CCc2nc(-c3cccc(N)c3)sc2C1. The first-order chi connectivity index (χ1) is 9.13. The highest BCUT2D eigenvalue weighted by Gasteiger charge is 2.24. The molecule has 1 aromatic heterocycles. The molecule has 2 aromatic rings. The topological polar surface area (TPSA) is 38.9 Å². The Morgan fingerprint density at radius 2 is 2.21 bits per heavy atom. The monoisotopic (exact) mass is 272 g/mol. The fourth-order valence-electron chi connectivity index (χ4n) is 2.76. The van der Waals surface area contributed by atoms with Gasteiger partial charge in [-0.2, -0.15) is 0 Å². The molecule has 3 heteroatoms. The Balaban J connectivity index is 1.91. The van der Waals surface area contributed by atoms with Gasteiger partial charge in [0, 0.05) is 16.1 Å². The Kier molecular flexibility index (Phi) is 3.31. The summed E-state index contributed by atoms with van der Waals surface area (Å²) >= 11 is 1.85. The largest absolute Gasteiger partial charge is 0.399 e. The second-order valence-electron chi connectivity index (χ2n) is 5.76. The molecule has 0 radical (unpaired) electrons. The lowest BCUT2D eigenvalue weighted by Gasteiger charge is -2.24. The third-order valence-corrected chi connectivity index (χ3v) is 5.22. The van der Waals surface area contributed by atoms with Crippen molar-refractivity contribution in [1.29, 1.82) is 0 Å².